The van der Waals surface area contributed by atoms with Gasteiger partial charge in [-0.1, -0.05) is 15.9 Å². The number of hydrogen-bond donors (Lipinski definition) is 0. The molecular weight excluding hydrogens is 204 g/mol. The molecule has 0 atom stereocenters. The van der Waals surface area contributed by atoms with Crippen molar-refractivity contribution in [2.75, 3.05) is 14.2 Å². The zero-order valence-electron chi connectivity index (χ0n) is 5.59. The average molecular weight is 211 g/mol. The van der Waals surface area contributed by atoms with Gasteiger partial charge in [0.1, 0.15) is 0 Å². The Morgan fingerprint density at radius 1 is 1.20 bits per heavy atom. The van der Waals surface area contributed by atoms with Crippen LogP contribution in [0.1, 0.15) is 0 Å². The SMILES string of the molecule is COC(=O)C(Br)C(=O)OC. The first-order valence-electron chi connectivity index (χ1n) is 2.43. The molecule has 0 heterocycles. The molecule has 0 amide bonds. The molecule has 4 nitrogen and oxygen atoms in total. The van der Waals surface area contributed by atoms with Gasteiger partial charge in [0, 0.05) is 0 Å². The van der Waals surface area contributed by atoms with E-state index in [9.17, 15) is 9.59 Å². The Bertz CT molecular complexity index is 129. The van der Waals surface area contributed by atoms with Crippen molar-refractivity contribution in [3.05, 3.63) is 0 Å². The topological polar surface area (TPSA) is 52.6 Å². The maximum Gasteiger partial charge on any atom is 0.331 e. The molecule has 58 valence electrons. The van der Waals surface area contributed by atoms with Crippen molar-refractivity contribution < 1.29 is 19.1 Å². The quantitative estimate of drug-likeness (QED) is 0.369. The van der Waals surface area contributed by atoms with E-state index in [-0.39, 0.29) is 0 Å². The third-order valence-corrected chi connectivity index (χ3v) is 1.56. The Hall–Kier alpha value is -0.580. The number of esters is 2. The predicted molar refractivity (Wildman–Crippen MR) is 36.7 cm³/mol. The number of methoxy groups -OCH3 is 2. The second-order valence-corrected chi connectivity index (χ2v) is 2.32. The molecule has 0 aliphatic heterocycles. The largest absolute Gasteiger partial charge is 0.468 e. The summed E-state index contributed by atoms with van der Waals surface area (Å²) >= 11 is 2.78. The first-order valence-corrected chi connectivity index (χ1v) is 3.34. The molecule has 10 heavy (non-hydrogen) atoms. The molecule has 0 bridgehead atoms. The number of hydrogen-bond acceptors (Lipinski definition) is 4. The number of halogens is 1. The van der Waals surface area contributed by atoms with E-state index >= 15 is 0 Å². The first kappa shape index (κ1) is 9.42. The number of alkyl halides is 1. The van der Waals surface area contributed by atoms with E-state index in [0.717, 1.165) is 0 Å². The van der Waals surface area contributed by atoms with Crippen LogP contribution in [0.4, 0.5) is 0 Å². The molecule has 0 saturated carbocycles. The molecule has 0 unspecified atom stereocenters. The minimum atomic E-state index is -1.01. The summed E-state index contributed by atoms with van der Waals surface area (Å²) in [7, 11) is 2.39. The molecule has 0 spiro atoms. The number of rotatable bonds is 2. The van der Waals surface area contributed by atoms with Crippen molar-refractivity contribution in [1.29, 1.82) is 0 Å². The van der Waals surface area contributed by atoms with Gasteiger partial charge < -0.3 is 9.47 Å². The Kier molecular flexibility index (Phi) is 4.02. The van der Waals surface area contributed by atoms with E-state index in [1.54, 1.807) is 0 Å². The minimum absolute atomic E-state index is 0.660. The van der Waals surface area contributed by atoms with Gasteiger partial charge in [-0.15, -0.1) is 0 Å². The summed E-state index contributed by atoms with van der Waals surface area (Å²) in [4.78, 5) is 20.1. The smallest absolute Gasteiger partial charge is 0.331 e. The Morgan fingerprint density at radius 2 is 1.50 bits per heavy atom. The van der Waals surface area contributed by atoms with Crippen LogP contribution < -0.4 is 0 Å². The van der Waals surface area contributed by atoms with Crippen LogP contribution in [-0.2, 0) is 19.1 Å². The highest BCUT2D eigenvalue weighted by atomic mass is 79.9. The summed E-state index contributed by atoms with van der Waals surface area (Å²) in [5.41, 5.74) is 0. The van der Waals surface area contributed by atoms with Crippen molar-refractivity contribution in [2.45, 2.75) is 4.83 Å². The number of ether oxygens (including phenoxy) is 2. The van der Waals surface area contributed by atoms with Gasteiger partial charge in [0.25, 0.3) is 0 Å². The van der Waals surface area contributed by atoms with Crippen LogP contribution in [0.3, 0.4) is 0 Å². The van der Waals surface area contributed by atoms with E-state index < -0.39 is 16.8 Å². The van der Waals surface area contributed by atoms with Gasteiger partial charge in [-0.05, 0) is 0 Å². The average Bonchev–Trinajstić information content (AvgIpc) is 2.00. The highest BCUT2D eigenvalue weighted by Crippen LogP contribution is 2.02. The molecule has 5 heteroatoms. The number of carbonyl (C=O) groups is 2. The van der Waals surface area contributed by atoms with E-state index in [2.05, 4.69) is 25.4 Å². The van der Waals surface area contributed by atoms with Crippen LogP contribution in [0.15, 0.2) is 0 Å². The second kappa shape index (κ2) is 4.27. The molecule has 0 aromatic heterocycles. The molecule has 0 aromatic rings. The lowest BCUT2D eigenvalue weighted by molar-refractivity contribution is -0.149. The van der Waals surface area contributed by atoms with Gasteiger partial charge in [0.05, 0.1) is 14.2 Å². The lowest BCUT2D eigenvalue weighted by Gasteiger charge is -2.03. The van der Waals surface area contributed by atoms with Gasteiger partial charge in [-0.2, -0.15) is 0 Å². The minimum Gasteiger partial charge on any atom is -0.468 e. The van der Waals surface area contributed by atoms with Crippen LogP contribution >= 0.6 is 15.9 Å². The van der Waals surface area contributed by atoms with Gasteiger partial charge in [-0.3, -0.25) is 9.59 Å². The highest BCUT2D eigenvalue weighted by molar-refractivity contribution is 9.10. The van der Waals surface area contributed by atoms with Gasteiger partial charge >= 0.3 is 11.9 Å². The predicted octanol–water partition coefficient (Wildman–Crippen LogP) is 0.0959. The van der Waals surface area contributed by atoms with Gasteiger partial charge in [0.2, 0.25) is 4.83 Å². The molecule has 0 fully saturated rings. The normalized spacial score (nSPS) is 9.20. The van der Waals surface area contributed by atoms with E-state index in [1.807, 2.05) is 0 Å². The summed E-state index contributed by atoms with van der Waals surface area (Å²) in [5, 5.41) is 0. The van der Waals surface area contributed by atoms with Crippen LogP contribution in [-0.4, -0.2) is 31.0 Å². The van der Waals surface area contributed by atoms with Crippen molar-refractivity contribution in [1.82, 2.24) is 0 Å². The van der Waals surface area contributed by atoms with Gasteiger partial charge in [-0.25, -0.2) is 0 Å². The Morgan fingerprint density at radius 3 is 1.70 bits per heavy atom. The van der Waals surface area contributed by atoms with E-state index in [0.29, 0.717) is 0 Å². The molecule has 0 radical (unpaired) electrons. The molecule has 0 aliphatic rings. The van der Waals surface area contributed by atoms with Crippen molar-refractivity contribution in [2.24, 2.45) is 0 Å². The Balaban J connectivity index is 3.94. The molecule has 0 aromatic carbocycles. The molecule has 0 rings (SSSR count). The summed E-state index contributed by atoms with van der Waals surface area (Å²) in [6.07, 6.45) is 0. The summed E-state index contributed by atoms with van der Waals surface area (Å²) in [6, 6.07) is 0. The summed E-state index contributed by atoms with van der Waals surface area (Å²) < 4.78 is 8.50. The standard InChI is InChI=1S/C5H7BrO4/c1-9-4(7)3(6)5(8)10-2/h3H,1-2H3. The zero-order valence-corrected chi connectivity index (χ0v) is 7.17. The first-order chi connectivity index (χ1) is 4.63. The Labute approximate surface area is 66.6 Å². The van der Waals surface area contributed by atoms with Crippen molar-refractivity contribution >= 4 is 27.9 Å². The van der Waals surface area contributed by atoms with Crippen LogP contribution in [0.25, 0.3) is 0 Å². The lowest BCUT2D eigenvalue weighted by atomic mass is 10.4. The second-order valence-electron chi connectivity index (χ2n) is 1.41. The fourth-order valence-electron chi connectivity index (χ4n) is 0.303. The van der Waals surface area contributed by atoms with E-state index in [1.165, 1.54) is 14.2 Å². The molecule has 0 N–H and O–H groups in total. The zero-order chi connectivity index (χ0) is 8.15. The van der Waals surface area contributed by atoms with Crippen molar-refractivity contribution in [3.63, 3.8) is 0 Å². The molecule has 0 aliphatic carbocycles. The summed E-state index contributed by atoms with van der Waals surface area (Å²) in [6.45, 7) is 0. The molecule has 0 saturated heterocycles. The maximum absolute atomic E-state index is 10.5. The van der Waals surface area contributed by atoms with Gasteiger partial charge in [0.15, 0.2) is 0 Å². The van der Waals surface area contributed by atoms with Crippen LogP contribution in [0.2, 0.25) is 0 Å². The summed E-state index contributed by atoms with van der Waals surface area (Å²) in [5.74, 6) is -1.32. The van der Waals surface area contributed by atoms with Crippen LogP contribution in [0.5, 0.6) is 0 Å². The lowest BCUT2D eigenvalue weighted by Crippen LogP contribution is -2.26. The number of carbonyl (C=O) groups excluding carboxylic acids is 2. The van der Waals surface area contributed by atoms with E-state index in [4.69, 9.17) is 0 Å². The fraction of sp³-hybridized carbons (Fsp3) is 0.600. The van der Waals surface area contributed by atoms with Crippen LogP contribution in [0, 0.1) is 0 Å². The maximum atomic E-state index is 10.5. The van der Waals surface area contributed by atoms with Crippen molar-refractivity contribution in [3.8, 4) is 0 Å². The third-order valence-electron chi connectivity index (χ3n) is 0.816. The molecular formula is C5H7BrO4. The fourth-order valence-corrected chi connectivity index (χ4v) is 0.677. The third kappa shape index (κ3) is 2.34. The highest BCUT2D eigenvalue weighted by Gasteiger charge is 2.24. The monoisotopic (exact) mass is 210 g/mol.